The summed E-state index contributed by atoms with van der Waals surface area (Å²) in [5.41, 5.74) is 6.14. The quantitative estimate of drug-likeness (QED) is 0.820. The van der Waals surface area contributed by atoms with Crippen molar-refractivity contribution >= 4 is 11.3 Å². The molecular weight excluding hydrogens is 201 g/mol. The minimum Gasteiger partial charge on any atom is -0.324 e. The fourth-order valence-electron chi connectivity index (χ4n) is 1.07. The summed E-state index contributed by atoms with van der Waals surface area (Å²) in [6.45, 7) is 0.368. The van der Waals surface area contributed by atoms with Crippen LogP contribution < -0.4 is 5.73 Å². The smallest absolute Gasteiger partial charge is 0.147 e. The van der Waals surface area contributed by atoms with E-state index in [0.717, 1.165) is 10.6 Å². The van der Waals surface area contributed by atoms with E-state index in [0.29, 0.717) is 11.6 Å². The van der Waals surface area contributed by atoms with Crippen LogP contribution in [0.5, 0.6) is 0 Å². The summed E-state index contributed by atoms with van der Waals surface area (Å²) in [6.07, 6.45) is 0. The minimum atomic E-state index is -0.271. The third-order valence-electron chi connectivity index (χ3n) is 1.71. The van der Waals surface area contributed by atoms with Crippen LogP contribution in [0.4, 0.5) is 4.39 Å². The van der Waals surface area contributed by atoms with Crippen LogP contribution in [0.2, 0.25) is 0 Å². The second kappa shape index (κ2) is 3.81. The number of benzene rings is 1. The Hall–Kier alpha value is -1.33. The van der Waals surface area contributed by atoms with E-state index in [4.69, 9.17) is 5.73 Å². The number of aromatic nitrogens is 2. The fourth-order valence-corrected chi connectivity index (χ4v) is 1.79. The maximum atomic E-state index is 12.9. The molecule has 0 saturated heterocycles. The molecule has 0 unspecified atom stereocenters. The molecule has 0 aliphatic heterocycles. The van der Waals surface area contributed by atoms with Gasteiger partial charge in [0.1, 0.15) is 15.8 Å². The highest BCUT2D eigenvalue weighted by atomic mass is 32.1. The van der Waals surface area contributed by atoms with Crippen molar-refractivity contribution in [1.82, 2.24) is 10.2 Å². The lowest BCUT2D eigenvalue weighted by molar-refractivity contribution is 0.628. The van der Waals surface area contributed by atoms with Gasteiger partial charge in [0.2, 0.25) is 0 Å². The Morgan fingerprint density at radius 1 is 1.36 bits per heavy atom. The first-order valence-corrected chi connectivity index (χ1v) is 4.89. The van der Waals surface area contributed by atoms with Gasteiger partial charge in [0.05, 0.1) is 0 Å². The van der Waals surface area contributed by atoms with Crippen LogP contribution in [0.3, 0.4) is 0 Å². The van der Waals surface area contributed by atoms with E-state index in [9.17, 15) is 4.39 Å². The average molecular weight is 209 g/mol. The average Bonchev–Trinajstić information content (AvgIpc) is 2.66. The zero-order chi connectivity index (χ0) is 9.97. The first-order chi connectivity index (χ1) is 6.79. The lowest BCUT2D eigenvalue weighted by Gasteiger charge is -1.93. The molecule has 0 aliphatic rings. The number of nitrogens with zero attached hydrogens (tertiary/aromatic N) is 2. The molecule has 0 amide bonds. The molecule has 1 heterocycles. The molecule has 14 heavy (non-hydrogen) atoms. The van der Waals surface area contributed by atoms with Crippen molar-refractivity contribution < 1.29 is 4.39 Å². The number of halogens is 1. The van der Waals surface area contributed by atoms with Gasteiger partial charge >= 0.3 is 0 Å². The maximum Gasteiger partial charge on any atom is 0.147 e. The van der Waals surface area contributed by atoms with Gasteiger partial charge in [-0.2, -0.15) is 0 Å². The summed E-state index contributed by atoms with van der Waals surface area (Å²) >= 11 is 1.38. The zero-order valence-electron chi connectivity index (χ0n) is 7.27. The highest BCUT2D eigenvalue weighted by molar-refractivity contribution is 7.14. The number of rotatable bonds is 2. The molecule has 0 aliphatic carbocycles. The van der Waals surface area contributed by atoms with Crippen molar-refractivity contribution in [3.05, 3.63) is 35.1 Å². The van der Waals surface area contributed by atoms with Gasteiger partial charge in [-0.25, -0.2) is 4.39 Å². The summed E-state index contributed by atoms with van der Waals surface area (Å²) in [6, 6.07) is 6.27. The first kappa shape index (κ1) is 9.23. The lowest BCUT2D eigenvalue weighted by Crippen LogP contribution is -1.94. The fraction of sp³-hybridized carbons (Fsp3) is 0.111. The topological polar surface area (TPSA) is 51.8 Å². The van der Waals surface area contributed by atoms with E-state index in [1.54, 1.807) is 12.1 Å². The van der Waals surface area contributed by atoms with Gasteiger partial charge in [-0.15, -0.1) is 10.2 Å². The summed E-state index contributed by atoms with van der Waals surface area (Å²) in [7, 11) is 0. The third kappa shape index (κ3) is 1.78. The van der Waals surface area contributed by atoms with Crippen LogP contribution in [0.15, 0.2) is 24.3 Å². The molecule has 3 nitrogen and oxygen atoms in total. The monoisotopic (exact) mass is 209 g/mol. The first-order valence-electron chi connectivity index (χ1n) is 4.08. The van der Waals surface area contributed by atoms with Crippen molar-refractivity contribution in [1.29, 1.82) is 0 Å². The largest absolute Gasteiger partial charge is 0.324 e. The van der Waals surface area contributed by atoms with E-state index in [2.05, 4.69) is 10.2 Å². The van der Waals surface area contributed by atoms with Crippen molar-refractivity contribution in [3.8, 4) is 10.6 Å². The van der Waals surface area contributed by atoms with E-state index < -0.39 is 0 Å². The Balaban J connectivity index is 2.39. The number of hydrogen-bond donors (Lipinski definition) is 1. The molecular formula is C9H8FN3S. The molecule has 1 aromatic carbocycles. The maximum absolute atomic E-state index is 12.9. The normalized spacial score (nSPS) is 10.4. The van der Waals surface area contributed by atoms with E-state index in [1.165, 1.54) is 23.5 Å². The van der Waals surface area contributed by atoms with Crippen LogP contribution in [0.25, 0.3) is 10.6 Å². The second-order valence-electron chi connectivity index (χ2n) is 2.72. The number of hydrogen-bond acceptors (Lipinski definition) is 4. The molecule has 1 aromatic heterocycles. The second-order valence-corrected chi connectivity index (χ2v) is 3.78. The molecule has 5 heteroatoms. The van der Waals surface area contributed by atoms with Gasteiger partial charge in [0.15, 0.2) is 0 Å². The summed E-state index contributed by atoms with van der Waals surface area (Å²) < 4.78 is 12.9. The lowest BCUT2D eigenvalue weighted by atomic mass is 10.2. The Morgan fingerprint density at radius 3 is 2.86 bits per heavy atom. The highest BCUT2D eigenvalue weighted by Gasteiger charge is 2.05. The van der Waals surface area contributed by atoms with Gasteiger partial charge in [-0.05, 0) is 12.1 Å². The van der Waals surface area contributed by atoms with Gasteiger partial charge in [0, 0.05) is 12.1 Å². The third-order valence-corrected chi connectivity index (χ3v) is 2.71. The van der Waals surface area contributed by atoms with Crippen molar-refractivity contribution in [2.75, 3.05) is 0 Å². The molecule has 0 fully saturated rings. The van der Waals surface area contributed by atoms with E-state index in [-0.39, 0.29) is 5.82 Å². The summed E-state index contributed by atoms with van der Waals surface area (Å²) in [5, 5.41) is 9.23. The van der Waals surface area contributed by atoms with Crippen LogP contribution in [0, 0.1) is 5.82 Å². The van der Waals surface area contributed by atoms with Gasteiger partial charge in [0.25, 0.3) is 0 Å². The SMILES string of the molecule is NCc1nnc(-c2cccc(F)c2)s1. The zero-order valence-corrected chi connectivity index (χ0v) is 8.09. The van der Waals surface area contributed by atoms with Gasteiger partial charge in [-0.3, -0.25) is 0 Å². The molecule has 0 radical (unpaired) electrons. The van der Waals surface area contributed by atoms with Crippen LogP contribution in [-0.4, -0.2) is 10.2 Å². The van der Waals surface area contributed by atoms with Gasteiger partial charge in [-0.1, -0.05) is 23.5 Å². The van der Waals surface area contributed by atoms with E-state index in [1.807, 2.05) is 0 Å². The minimum absolute atomic E-state index is 0.271. The van der Waals surface area contributed by atoms with E-state index >= 15 is 0 Å². The molecule has 0 atom stereocenters. The van der Waals surface area contributed by atoms with Crippen LogP contribution in [-0.2, 0) is 6.54 Å². The Kier molecular flexibility index (Phi) is 2.51. The Labute approximate surface area is 84.4 Å². The Morgan fingerprint density at radius 2 is 2.21 bits per heavy atom. The predicted octanol–water partition coefficient (Wildman–Crippen LogP) is 1.80. The van der Waals surface area contributed by atoms with Crippen molar-refractivity contribution in [2.24, 2.45) is 5.73 Å². The molecule has 2 aromatic rings. The Bertz CT molecular complexity index is 441. The summed E-state index contributed by atoms with van der Waals surface area (Å²) in [5.74, 6) is -0.271. The molecule has 2 N–H and O–H groups in total. The molecule has 0 bridgehead atoms. The number of nitrogens with two attached hydrogens (primary N) is 1. The molecule has 0 saturated carbocycles. The molecule has 2 rings (SSSR count). The molecule has 0 spiro atoms. The predicted molar refractivity (Wildman–Crippen MR) is 53.2 cm³/mol. The van der Waals surface area contributed by atoms with Crippen LogP contribution >= 0.6 is 11.3 Å². The standard InChI is InChI=1S/C9H8FN3S/c10-7-3-1-2-6(4-7)9-13-12-8(5-11)14-9/h1-4H,5,11H2. The van der Waals surface area contributed by atoms with Crippen molar-refractivity contribution in [2.45, 2.75) is 6.54 Å². The summed E-state index contributed by atoms with van der Waals surface area (Å²) in [4.78, 5) is 0. The van der Waals surface area contributed by atoms with Crippen LogP contribution in [0.1, 0.15) is 5.01 Å². The van der Waals surface area contributed by atoms with Gasteiger partial charge < -0.3 is 5.73 Å². The highest BCUT2D eigenvalue weighted by Crippen LogP contribution is 2.23. The molecule has 72 valence electrons. The van der Waals surface area contributed by atoms with Crippen molar-refractivity contribution in [3.63, 3.8) is 0 Å².